The minimum atomic E-state index is -1.57. The highest BCUT2D eigenvalue weighted by Gasteiger charge is 2.40. The number of rotatable bonds is 25. The standard InChI is InChI=1S/C45H55NO11.C5H12N4/c1-5-6-7-8-9-10-11-12-13-14-15-16-17-18-19-20-21-30-40(50)54-33-45(3,4)41(42(51)46-32-31-39(48)49)57-44(53)36-27-23-25-29-38(36)56-43(52)35-26-22-24-28-37(35)55-34(2)47;1-4(6)8-5(7)9(2)3/h6-7,9-10,12-13,15-16,18-19,22-29,41H,5,8,11,14,17,20-21,30-33H2,1-4H3,(H,46,51)(H,48,49);1-3H3,(H3,6,7,8)/p-1/b7-6-,10-9-,13-12-,16-15-,19-18-;/t41-;/m0./s1. The molecule has 0 spiro atoms. The number of para-hydroxylation sites is 2. The summed E-state index contributed by atoms with van der Waals surface area (Å²) in [5.74, 6) is -5.06. The molecule has 1 amide bonds. The first-order valence-corrected chi connectivity index (χ1v) is 21.6. The van der Waals surface area contributed by atoms with Gasteiger partial charge in [-0.25, -0.2) is 14.6 Å². The number of carboxylic acids is 1. The monoisotopic (exact) mass is 912 g/mol. The smallest absolute Gasteiger partial charge is 0.347 e. The SMILES string of the molecule is CC(N)=NC(=N)N(C)C.CC/C=C\C/C=C\C/C=C\C/C=C\C/C=C\CCCC(=O)OCC(C)(C)[C@@H](OC(=O)c1ccccc1OC(=O)c1ccccc1OC(C)=O)C(=O)NCCC(=O)[O-]. The molecule has 16 nitrogen and oxygen atoms in total. The molecule has 0 aromatic heterocycles. The average Bonchev–Trinajstić information content (AvgIpc) is 3.25. The number of hydrogen-bond donors (Lipinski definition) is 3. The molecule has 0 heterocycles. The van der Waals surface area contributed by atoms with Crippen LogP contribution >= 0.6 is 0 Å². The van der Waals surface area contributed by atoms with E-state index in [9.17, 15) is 33.9 Å². The Morgan fingerprint density at radius 2 is 1.27 bits per heavy atom. The molecule has 66 heavy (non-hydrogen) atoms. The fourth-order valence-corrected chi connectivity index (χ4v) is 5.29. The van der Waals surface area contributed by atoms with E-state index in [0.29, 0.717) is 18.7 Å². The Morgan fingerprint density at radius 3 is 1.76 bits per heavy atom. The van der Waals surface area contributed by atoms with Crippen LogP contribution in [0.15, 0.2) is 114 Å². The van der Waals surface area contributed by atoms with Crippen LogP contribution < -0.4 is 25.6 Å². The number of unbranched alkanes of at least 4 members (excludes halogenated alkanes) is 1. The van der Waals surface area contributed by atoms with Crippen LogP contribution in [0.25, 0.3) is 0 Å². The van der Waals surface area contributed by atoms with Crippen molar-refractivity contribution in [3.05, 3.63) is 120 Å². The van der Waals surface area contributed by atoms with Crippen LogP contribution in [0.3, 0.4) is 0 Å². The van der Waals surface area contributed by atoms with E-state index in [0.717, 1.165) is 32.1 Å². The summed E-state index contributed by atoms with van der Waals surface area (Å²) in [7, 11) is 3.49. The Kier molecular flexibility index (Phi) is 28.1. The number of aliphatic carboxylic acids is 1. The van der Waals surface area contributed by atoms with Crippen molar-refractivity contribution < 1.29 is 52.8 Å². The highest BCUT2D eigenvalue weighted by molar-refractivity contribution is 5.99. The predicted octanol–water partition coefficient (Wildman–Crippen LogP) is 6.96. The number of hydrogen-bond acceptors (Lipinski definition) is 12. The summed E-state index contributed by atoms with van der Waals surface area (Å²) in [4.78, 5) is 80.4. The van der Waals surface area contributed by atoms with Gasteiger partial charge in [-0.05, 0) is 76.1 Å². The molecule has 1 atom stereocenters. The third kappa shape index (κ3) is 25.3. The van der Waals surface area contributed by atoms with Crippen LogP contribution in [0.2, 0.25) is 0 Å². The number of allylic oxidation sites excluding steroid dienone is 10. The number of nitrogens with zero attached hydrogens (tertiary/aromatic N) is 2. The summed E-state index contributed by atoms with van der Waals surface area (Å²) in [6, 6.07) is 11.5. The van der Waals surface area contributed by atoms with Crippen molar-refractivity contribution in [2.75, 3.05) is 27.2 Å². The Hall–Kier alpha value is -7.10. The number of carbonyl (C=O) groups excluding carboxylic acids is 6. The fourth-order valence-electron chi connectivity index (χ4n) is 5.29. The van der Waals surface area contributed by atoms with Crippen molar-refractivity contribution in [2.45, 2.75) is 98.5 Å². The molecule has 0 saturated heterocycles. The summed E-state index contributed by atoms with van der Waals surface area (Å²) in [6.45, 7) is 7.41. The molecule has 0 fully saturated rings. The van der Waals surface area contributed by atoms with E-state index in [1.54, 1.807) is 45.8 Å². The maximum Gasteiger partial charge on any atom is 0.347 e. The number of guanidine groups is 1. The van der Waals surface area contributed by atoms with Gasteiger partial charge in [0, 0.05) is 51.8 Å². The molecule has 2 aromatic rings. The first kappa shape index (κ1) is 56.9. The molecule has 0 radical (unpaired) electrons. The zero-order valence-corrected chi connectivity index (χ0v) is 39.2. The van der Waals surface area contributed by atoms with Crippen molar-refractivity contribution in [1.82, 2.24) is 10.2 Å². The van der Waals surface area contributed by atoms with Gasteiger partial charge in [0.2, 0.25) is 5.96 Å². The zero-order chi connectivity index (χ0) is 49.3. The minimum Gasteiger partial charge on any atom is -0.550 e. The normalized spacial score (nSPS) is 12.2. The van der Waals surface area contributed by atoms with Crippen LogP contribution in [-0.2, 0) is 28.7 Å². The lowest BCUT2D eigenvalue weighted by molar-refractivity contribution is -0.305. The second-order valence-electron chi connectivity index (χ2n) is 15.4. The topological polar surface area (TPSA) is 240 Å². The number of aliphatic imine (C=N–C) groups is 1. The first-order chi connectivity index (χ1) is 31.4. The number of ether oxygens (including phenoxy) is 4. The van der Waals surface area contributed by atoms with E-state index in [-0.39, 0.29) is 48.2 Å². The molecule has 4 N–H and O–H groups in total. The lowest BCUT2D eigenvalue weighted by Gasteiger charge is -2.32. The van der Waals surface area contributed by atoms with Gasteiger partial charge in [0.05, 0.1) is 5.84 Å². The molecule has 0 aliphatic rings. The van der Waals surface area contributed by atoms with Gasteiger partial charge < -0.3 is 44.8 Å². The molecule has 0 saturated carbocycles. The number of nitrogens with one attached hydrogen (secondary N) is 2. The van der Waals surface area contributed by atoms with Crippen LogP contribution in [-0.4, -0.2) is 85.8 Å². The molecule has 16 heteroatoms. The van der Waals surface area contributed by atoms with Gasteiger partial charge in [-0.15, -0.1) is 0 Å². The molecular weight excluding hydrogens is 847 g/mol. The zero-order valence-electron chi connectivity index (χ0n) is 39.2. The number of amidine groups is 1. The summed E-state index contributed by atoms with van der Waals surface area (Å²) in [5.41, 5.74) is 3.62. The van der Waals surface area contributed by atoms with Gasteiger partial charge in [-0.1, -0.05) is 106 Å². The number of carboxylic acid groups (broad SMARTS) is 1. The summed E-state index contributed by atoms with van der Waals surface area (Å²) in [5, 5.41) is 20.5. The molecule has 0 aliphatic heterocycles. The molecule has 2 aromatic carbocycles. The Morgan fingerprint density at radius 1 is 0.773 bits per heavy atom. The van der Waals surface area contributed by atoms with Gasteiger partial charge in [0.15, 0.2) is 6.10 Å². The molecule has 0 aliphatic carbocycles. The fraction of sp³-hybridized carbons (Fsp3) is 0.400. The third-order valence-corrected chi connectivity index (χ3v) is 8.69. The maximum absolute atomic E-state index is 13.6. The van der Waals surface area contributed by atoms with Gasteiger partial charge >= 0.3 is 23.9 Å². The summed E-state index contributed by atoms with van der Waals surface area (Å²) in [6.07, 6.45) is 24.9. The number of nitrogens with two attached hydrogens (primary N) is 1. The highest BCUT2D eigenvalue weighted by atomic mass is 16.6. The molecule has 2 rings (SSSR count). The van der Waals surface area contributed by atoms with Crippen LogP contribution in [0.4, 0.5) is 0 Å². The van der Waals surface area contributed by atoms with Crippen LogP contribution in [0, 0.1) is 10.8 Å². The summed E-state index contributed by atoms with van der Waals surface area (Å²) < 4.78 is 21.7. The second-order valence-corrected chi connectivity index (χ2v) is 15.4. The van der Waals surface area contributed by atoms with Crippen LogP contribution in [0.1, 0.15) is 113 Å². The second kappa shape index (κ2) is 32.5. The minimum absolute atomic E-state index is 0.0474. The number of carbonyl (C=O) groups is 6. The number of benzene rings is 2. The van der Waals surface area contributed by atoms with Crippen molar-refractivity contribution in [3.63, 3.8) is 0 Å². The van der Waals surface area contributed by atoms with Crippen molar-refractivity contribution in [1.29, 1.82) is 5.41 Å². The van der Waals surface area contributed by atoms with Gasteiger partial charge in [-0.3, -0.25) is 19.8 Å². The predicted molar refractivity (Wildman–Crippen MR) is 253 cm³/mol. The average molecular weight is 913 g/mol. The van der Waals surface area contributed by atoms with Gasteiger partial charge in [-0.2, -0.15) is 0 Å². The van der Waals surface area contributed by atoms with E-state index in [4.69, 9.17) is 30.1 Å². The van der Waals surface area contributed by atoms with Gasteiger partial charge in [0.25, 0.3) is 5.91 Å². The Labute approximate surface area is 388 Å². The third-order valence-electron chi connectivity index (χ3n) is 8.69. The molecule has 358 valence electrons. The lowest BCUT2D eigenvalue weighted by atomic mass is 9.86. The van der Waals surface area contributed by atoms with Crippen molar-refractivity contribution >= 4 is 47.5 Å². The Balaban J connectivity index is 0.00000217. The van der Waals surface area contributed by atoms with Crippen molar-refractivity contribution in [2.24, 2.45) is 16.1 Å². The molecule has 0 unspecified atom stereocenters. The number of esters is 4. The molecular formula is C50H66N5O11-. The Bertz CT molecular complexity index is 2080. The van der Waals surface area contributed by atoms with E-state index in [1.165, 1.54) is 49.4 Å². The van der Waals surface area contributed by atoms with Crippen molar-refractivity contribution in [3.8, 4) is 11.5 Å². The lowest BCUT2D eigenvalue weighted by Crippen LogP contribution is -2.49. The molecule has 0 bridgehead atoms. The van der Waals surface area contributed by atoms with Crippen LogP contribution in [0.5, 0.6) is 11.5 Å². The van der Waals surface area contributed by atoms with Gasteiger partial charge in [0.1, 0.15) is 29.2 Å². The summed E-state index contributed by atoms with van der Waals surface area (Å²) >= 11 is 0. The highest BCUT2D eigenvalue weighted by Crippen LogP contribution is 2.29. The van der Waals surface area contributed by atoms with E-state index in [2.05, 4.69) is 65.8 Å². The quantitative estimate of drug-likeness (QED) is 0.0228. The van der Waals surface area contributed by atoms with E-state index in [1.807, 2.05) is 12.2 Å². The number of amides is 1. The van der Waals surface area contributed by atoms with E-state index < -0.39 is 53.7 Å². The largest absolute Gasteiger partial charge is 0.550 e. The first-order valence-electron chi connectivity index (χ1n) is 21.6. The maximum atomic E-state index is 13.6. The van der Waals surface area contributed by atoms with E-state index >= 15 is 0 Å².